The molecule has 0 amide bonds. The van der Waals surface area contributed by atoms with Gasteiger partial charge in [-0.15, -0.1) is 0 Å². The Morgan fingerprint density at radius 3 is 3.00 bits per heavy atom. The number of imidazole rings is 1. The van der Waals surface area contributed by atoms with Crippen molar-refractivity contribution in [3.63, 3.8) is 0 Å². The minimum absolute atomic E-state index is 0.131. The van der Waals surface area contributed by atoms with Crippen molar-refractivity contribution >= 4 is 11.2 Å². The quantitative estimate of drug-likeness (QED) is 0.770. The lowest BCUT2D eigenvalue weighted by atomic mass is 10.2. The summed E-state index contributed by atoms with van der Waals surface area (Å²) in [6.07, 6.45) is 1.53. The Morgan fingerprint density at radius 1 is 1.47 bits per heavy atom. The summed E-state index contributed by atoms with van der Waals surface area (Å²) in [5, 5.41) is 19.1. The molecule has 2 unspecified atom stereocenters. The highest BCUT2D eigenvalue weighted by atomic mass is 16.5. The number of rotatable bonds is 3. The van der Waals surface area contributed by atoms with Crippen LogP contribution in [0.2, 0.25) is 0 Å². The fourth-order valence-electron chi connectivity index (χ4n) is 2.29. The normalized spacial score (nSPS) is 27.0. The molecule has 1 saturated heterocycles. The number of aromatic nitrogens is 4. The standard InChI is InChI=1S/C11H14N4O4/c1-18-10-8-9(12-4-13-10)14-5-15(8)11-7(17)2-6(3-16)19-11/h4-7,11,16-17H,2-3H2,1H3/t6?,7?,11-/m0/s1. The van der Waals surface area contributed by atoms with E-state index in [2.05, 4.69) is 15.0 Å². The van der Waals surface area contributed by atoms with Crippen LogP contribution >= 0.6 is 0 Å². The lowest BCUT2D eigenvalue weighted by molar-refractivity contribution is -0.0485. The smallest absolute Gasteiger partial charge is 0.243 e. The zero-order chi connectivity index (χ0) is 13.4. The molecule has 0 radical (unpaired) electrons. The molecule has 0 saturated carbocycles. The van der Waals surface area contributed by atoms with Crippen molar-refractivity contribution in [2.75, 3.05) is 13.7 Å². The predicted molar refractivity (Wildman–Crippen MR) is 63.5 cm³/mol. The van der Waals surface area contributed by atoms with E-state index in [-0.39, 0.29) is 12.7 Å². The summed E-state index contributed by atoms with van der Waals surface area (Å²) in [5.74, 6) is 0.366. The molecule has 8 heteroatoms. The van der Waals surface area contributed by atoms with E-state index in [1.165, 1.54) is 19.8 Å². The van der Waals surface area contributed by atoms with E-state index in [9.17, 15) is 5.11 Å². The fourth-order valence-corrected chi connectivity index (χ4v) is 2.29. The van der Waals surface area contributed by atoms with Crippen LogP contribution in [-0.4, -0.2) is 55.7 Å². The first-order chi connectivity index (χ1) is 9.24. The summed E-state index contributed by atoms with van der Waals surface area (Å²) in [5.41, 5.74) is 1.03. The first-order valence-electron chi connectivity index (χ1n) is 5.90. The fraction of sp³-hybridized carbons (Fsp3) is 0.545. The Balaban J connectivity index is 2.06. The summed E-state index contributed by atoms with van der Waals surface area (Å²) < 4.78 is 12.4. The minimum Gasteiger partial charge on any atom is -0.479 e. The Bertz CT molecular complexity index is 587. The Hall–Kier alpha value is -1.77. The molecule has 2 aromatic rings. The van der Waals surface area contributed by atoms with Crippen molar-refractivity contribution in [1.82, 2.24) is 19.5 Å². The van der Waals surface area contributed by atoms with E-state index in [0.29, 0.717) is 23.5 Å². The van der Waals surface area contributed by atoms with Crippen LogP contribution < -0.4 is 4.74 Å². The number of hydrogen-bond acceptors (Lipinski definition) is 7. The maximum atomic E-state index is 10.0. The van der Waals surface area contributed by atoms with Gasteiger partial charge in [0.15, 0.2) is 17.4 Å². The minimum atomic E-state index is -0.723. The van der Waals surface area contributed by atoms with Crippen molar-refractivity contribution in [2.24, 2.45) is 0 Å². The molecule has 19 heavy (non-hydrogen) atoms. The second-order valence-corrected chi connectivity index (χ2v) is 4.34. The van der Waals surface area contributed by atoms with Gasteiger partial charge >= 0.3 is 0 Å². The number of ether oxygens (including phenoxy) is 2. The van der Waals surface area contributed by atoms with Gasteiger partial charge < -0.3 is 19.7 Å². The van der Waals surface area contributed by atoms with Gasteiger partial charge in [0.2, 0.25) is 5.88 Å². The second kappa shape index (κ2) is 4.72. The van der Waals surface area contributed by atoms with E-state index in [1.54, 1.807) is 4.57 Å². The van der Waals surface area contributed by atoms with Gasteiger partial charge in [0.1, 0.15) is 18.8 Å². The molecular formula is C11H14N4O4. The van der Waals surface area contributed by atoms with Crippen molar-refractivity contribution in [1.29, 1.82) is 0 Å². The molecule has 2 aromatic heterocycles. The van der Waals surface area contributed by atoms with Crippen LogP contribution in [0.25, 0.3) is 11.2 Å². The average Bonchev–Trinajstić information content (AvgIpc) is 3.01. The van der Waals surface area contributed by atoms with Crippen LogP contribution in [0, 0.1) is 0 Å². The molecular weight excluding hydrogens is 252 g/mol. The van der Waals surface area contributed by atoms with E-state index in [0.717, 1.165) is 0 Å². The lowest BCUT2D eigenvalue weighted by Crippen LogP contribution is -2.19. The number of hydrogen-bond donors (Lipinski definition) is 2. The van der Waals surface area contributed by atoms with Gasteiger partial charge in [-0.2, -0.15) is 4.98 Å². The molecule has 0 spiro atoms. The van der Waals surface area contributed by atoms with Crippen LogP contribution in [0.5, 0.6) is 5.88 Å². The molecule has 1 aliphatic rings. The van der Waals surface area contributed by atoms with Gasteiger partial charge in [0.05, 0.1) is 19.8 Å². The third kappa shape index (κ3) is 1.93. The number of aliphatic hydroxyl groups excluding tert-OH is 2. The summed E-state index contributed by atoms with van der Waals surface area (Å²) in [6.45, 7) is -0.131. The highest BCUT2D eigenvalue weighted by Gasteiger charge is 2.36. The third-order valence-electron chi connectivity index (χ3n) is 3.17. The van der Waals surface area contributed by atoms with E-state index < -0.39 is 12.3 Å². The number of nitrogens with zero attached hydrogens (tertiary/aromatic N) is 4. The van der Waals surface area contributed by atoms with Gasteiger partial charge in [0, 0.05) is 6.42 Å². The average molecular weight is 266 g/mol. The molecule has 1 aliphatic heterocycles. The van der Waals surface area contributed by atoms with Crippen molar-refractivity contribution in [2.45, 2.75) is 24.9 Å². The summed E-state index contributed by atoms with van der Waals surface area (Å²) in [4.78, 5) is 12.2. The molecule has 3 heterocycles. The second-order valence-electron chi connectivity index (χ2n) is 4.34. The van der Waals surface area contributed by atoms with Crippen LogP contribution in [0.15, 0.2) is 12.7 Å². The topological polar surface area (TPSA) is 103 Å². The highest BCUT2D eigenvalue weighted by molar-refractivity contribution is 5.76. The Morgan fingerprint density at radius 2 is 2.32 bits per heavy atom. The van der Waals surface area contributed by atoms with E-state index in [4.69, 9.17) is 14.6 Å². The van der Waals surface area contributed by atoms with Crippen molar-refractivity contribution in [3.8, 4) is 5.88 Å². The molecule has 0 bridgehead atoms. The number of methoxy groups -OCH3 is 1. The Labute approximate surface area is 108 Å². The maximum absolute atomic E-state index is 10.0. The van der Waals surface area contributed by atoms with Gasteiger partial charge in [0.25, 0.3) is 0 Å². The first-order valence-corrected chi connectivity index (χ1v) is 5.90. The SMILES string of the molecule is COc1ncnc2ncn([C@H]3OC(CO)CC3O)c12. The molecule has 0 aliphatic carbocycles. The molecule has 102 valence electrons. The van der Waals surface area contributed by atoms with Crippen molar-refractivity contribution in [3.05, 3.63) is 12.7 Å². The van der Waals surface area contributed by atoms with E-state index >= 15 is 0 Å². The third-order valence-corrected chi connectivity index (χ3v) is 3.17. The largest absolute Gasteiger partial charge is 0.479 e. The van der Waals surface area contributed by atoms with Crippen LogP contribution in [-0.2, 0) is 4.74 Å². The number of aliphatic hydroxyl groups is 2. The van der Waals surface area contributed by atoms with Crippen LogP contribution in [0.4, 0.5) is 0 Å². The van der Waals surface area contributed by atoms with Gasteiger partial charge in [-0.25, -0.2) is 9.97 Å². The van der Waals surface area contributed by atoms with Gasteiger partial charge in [-0.1, -0.05) is 0 Å². The van der Waals surface area contributed by atoms with Crippen molar-refractivity contribution < 1.29 is 19.7 Å². The van der Waals surface area contributed by atoms with Crippen LogP contribution in [0.3, 0.4) is 0 Å². The first kappa shape index (κ1) is 12.3. The van der Waals surface area contributed by atoms with Crippen LogP contribution in [0.1, 0.15) is 12.6 Å². The molecule has 3 rings (SSSR count). The predicted octanol–water partition coefficient (Wildman–Crippen LogP) is -0.524. The zero-order valence-corrected chi connectivity index (χ0v) is 10.3. The van der Waals surface area contributed by atoms with Gasteiger partial charge in [-0.3, -0.25) is 4.57 Å². The van der Waals surface area contributed by atoms with Gasteiger partial charge in [-0.05, 0) is 0 Å². The van der Waals surface area contributed by atoms with E-state index in [1.807, 2.05) is 0 Å². The number of fused-ring (bicyclic) bond motifs is 1. The summed E-state index contributed by atoms with van der Waals surface area (Å²) in [6, 6.07) is 0. The maximum Gasteiger partial charge on any atom is 0.243 e. The Kier molecular flexibility index (Phi) is 3.05. The molecule has 2 N–H and O–H groups in total. The molecule has 1 fully saturated rings. The lowest BCUT2D eigenvalue weighted by Gasteiger charge is -2.17. The molecule has 3 atom stereocenters. The molecule has 0 aromatic carbocycles. The summed E-state index contributed by atoms with van der Waals surface area (Å²) >= 11 is 0. The monoisotopic (exact) mass is 266 g/mol. The highest BCUT2D eigenvalue weighted by Crippen LogP contribution is 2.32. The zero-order valence-electron chi connectivity index (χ0n) is 10.3. The summed E-state index contributed by atoms with van der Waals surface area (Å²) in [7, 11) is 1.50. The molecule has 8 nitrogen and oxygen atoms in total.